The third-order valence-electron chi connectivity index (χ3n) is 6.46. The summed E-state index contributed by atoms with van der Waals surface area (Å²) in [6.07, 6.45) is 4.83. The molecule has 2 heterocycles. The molecule has 1 atom stereocenters. The fourth-order valence-electron chi connectivity index (χ4n) is 4.85. The normalized spacial score (nSPS) is 19.8. The van der Waals surface area contributed by atoms with Crippen LogP contribution < -0.4 is 4.90 Å². The molecule has 3 aromatic rings. The number of amidine groups is 1. The van der Waals surface area contributed by atoms with E-state index in [4.69, 9.17) is 0 Å². The Kier molecular flexibility index (Phi) is 5.57. The smallest absolute Gasteiger partial charge is 0.161 e. The molecule has 0 amide bonds. The number of hydrogen-bond acceptors (Lipinski definition) is 4. The zero-order chi connectivity index (χ0) is 23.8. The largest absolute Gasteiger partial charge is 0.507 e. The minimum Gasteiger partial charge on any atom is -0.507 e. The number of carbonyl (C=O) groups excluding carboxylic acids is 1. The van der Waals surface area contributed by atoms with Crippen LogP contribution in [-0.4, -0.2) is 21.7 Å². The molecular formula is C28H24FN3O2. The van der Waals surface area contributed by atoms with Gasteiger partial charge < -0.3 is 5.11 Å². The van der Waals surface area contributed by atoms with Crippen molar-refractivity contribution in [3.8, 4) is 0 Å². The van der Waals surface area contributed by atoms with Gasteiger partial charge in [0, 0.05) is 46.5 Å². The molecule has 5 nitrogen and oxygen atoms in total. The molecule has 0 saturated carbocycles. The second-order valence-corrected chi connectivity index (χ2v) is 8.62. The quantitative estimate of drug-likeness (QED) is 0.471. The molecule has 0 saturated heterocycles. The maximum atomic E-state index is 15.2. The Balaban J connectivity index is 1.84. The van der Waals surface area contributed by atoms with Crippen LogP contribution in [-0.2, 0) is 4.79 Å². The van der Waals surface area contributed by atoms with Crippen molar-refractivity contribution in [1.82, 2.24) is 4.98 Å². The number of aromatic nitrogens is 1. The number of Topliss-reactive ketones (excluding diaryl/α,β-unsaturated/α-hetero) is 1. The van der Waals surface area contributed by atoms with Gasteiger partial charge in [-0.15, -0.1) is 0 Å². The van der Waals surface area contributed by atoms with Gasteiger partial charge in [-0.2, -0.15) is 0 Å². The van der Waals surface area contributed by atoms with Gasteiger partial charge in [-0.25, -0.2) is 4.39 Å². The van der Waals surface area contributed by atoms with Crippen LogP contribution in [0.5, 0.6) is 0 Å². The van der Waals surface area contributed by atoms with Crippen LogP contribution in [0.3, 0.4) is 0 Å². The lowest BCUT2D eigenvalue weighted by Crippen LogP contribution is -2.42. The monoisotopic (exact) mass is 453 g/mol. The van der Waals surface area contributed by atoms with Gasteiger partial charge in [0.25, 0.3) is 0 Å². The zero-order valence-corrected chi connectivity index (χ0v) is 18.8. The van der Waals surface area contributed by atoms with E-state index < -0.39 is 11.7 Å². The summed E-state index contributed by atoms with van der Waals surface area (Å²) in [7, 11) is 0. The van der Waals surface area contributed by atoms with Crippen LogP contribution in [0.15, 0.2) is 89.9 Å². The summed E-state index contributed by atoms with van der Waals surface area (Å²) in [6, 6.07) is 17.1. The summed E-state index contributed by atoms with van der Waals surface area (Å²) in [5.74, 6) is -1.59. The molecule has 1 aliphatic carbocycles. The standard InChI is InChI=1S/C28H24FN3O2/c1-17-11-13-18(14-12-17)27(34)26-24(20-7-2-3-8-21(20)29)25-22(9-4-10-23(25)33)32(28(26)30)19-6-5-15-31-16-19/h2-3,5-8,11-16,24,30,34H,4,9-10H2,1H3/b27-26+,30-28?/t24-/m0/s1. The summed E-state index contributed by atoms with van der Waals surface area (Å²) >= 11 is 0. The average Bonchev–Trinajstić information content (AvgIpc) is 2.84. The molecule has 170 valence electrons. The SMILES string of the molecule is Cc1ccc(/C(O)=C2\C(=N)N(c3cccnc3)C3=C(C(=O)CCC3)[C@@H]2c2ccccc2F)cc1. The van der Waals surface area contributed by atoms with Crippen molar-refractivity contribution in [3.63, 3.8) is 0 Å². The Hall–Kier alpha value is -4.06. The molecule has 5 rings (SSSR count). The first kappa shape index (κ1) is 21.8. The van der Waals surface area contributed by atoms with E-state index in [1.807, 2.05) is 25.1 Å². The summed E-state index contributed by atoms with van der Waals surface area (Å²) in [5, 5.41) is 20.7. The van der Waals surface area contributed by atoms with E-state index >= 15 is 4.39 Å². The second-order valence-electron chi connectivity index (χ2n) is 8.62. The van der Waals surface area contributed by atoms with Crippen LogP contribution >= 0.6 is 0 Å². The van der Waals surface area contributed by atoms with Gasteiger partial charge in [-0.1, -0.05) is 48.0 Å². The lowest BCUT2D eigenvalue weighted by atomic mass is 9.73. The van der Waals surface area contributed by atoms with Gasteiger partial charge >= 0.3 is 0 Å². The Labute approximate surface area is 197 Å². The number of aliphatic hydroxyl groups excluding tert-OH is 1. The second kappa shape index (κ2) is 8.71. The van der Waals surface area contributed by atoms with Crippen molar-refractivity contribution in [2.24, 2.45) is 0 Å². The third-order valence-corrected chi connectivity index (χ3v) is 6.46. The maximum Gasteiger partial charge on any atom is 0.161 e. The molecule has 0 radical (unpaired) electrons. The highest BCUT2D eigenvalue weighted by Crippen LogP contribution is 2.48. The van der Waals surface area contributed by atoms with Gasteiger partial charge in [0.15, 0.2) is 5.78 Å². The van der Waals surface area contributed by atoms with Crippen LogP contribution in [0.2, 0.25) is 0 Å². The lowest BCUT2D eigenvalue weighted by Gasteiger charge is -2.41. The Morgan fingerprint density at radius 1 is 1.09 bits per heavy atom. The molecule has 34 heavy (non-hydrogen) atoms. The number of anilines is 1. The van der Waals surface area contributed by atoms with Crippen LogP contribution in [0.1, 0.15) is 41.9 Å². The maximum absolute atomic E-state index is 15.2. The first-order valence-corrected chi connectivity index (χ1v) is 11.3. The van der Waals surface area contributed by atoms with E-state index in [1.54, 1.807) is 53.7 Å². The first-order chi connectivity index (χ1) is 16.5. The fraction of sp³-hybridized carbons (Fsp3) is 0.179. The number of benzene rings is 2. The Morgan fingerprint density at radius 3 is 2.56 bits per heavy atom. The van der Waals surface area contributed by atoms with Crippen molar-refractivity contribution in [2.75, 3.05) is 4.90 Å². The van der Waals surface area contributed by atoms with Gasteiger partial charge in [0.05, 0.1) is 11.9 Å². The number of nitrogens with one attached hydrogen (secondary N) is 1. The summed E-state index contributed by atoms with van der Waals surface area (Å²) in [6.45, 7) is 1.95. The van der Waals surface area contributed by atoms with E-state index in [0.29, 0.717) is 41.8 Å². The minimum absolute atomic E-state index is 0.00720. The van der Waals surface area contributed by atoms with Crippen LogP contribution in [0.25, 0.3) is 5.76 Å². The summed E-state index contributed by atoms with van der Waals surface area (Å²) < 4.78 is 15.2. The number of ketones is 1. The first-order valence-electron chi connectivity index (χ1n) is 11.3. The number of nitrogens with zero attached hydrogens (tertiary/aromatic N) is 2. The molecule has 0 fully saturated rings. The number of carbonyl (C=O) groups is 1. The predicted octanol–water partition coefficient (Wildman–Crippen LogP) is 6.09. The highest BCUT2D eigenvalue weighted by molar-refractivity contribution is 6.19. The average molecular weight is 454 g/mol. The van der Waals surface area contributed by atoms with Gasteiger partial charge in [-0.3, -0.25) is 20.1 Å². The number of halogens is 1. The third kappa shape index (κ3) is 3.61. The number of allylic oxidation sites excluding steroid dienone is 2. The number of pyridine rings is 1. The molecule has 1 aromatic heterocycles. The molecule has 2 N–H and O–H groups in total. The Bertz CT molecular complexity index is 1340. The molecule has 1 aliphatic heterocycles. The van der Waals surface area contributed by atoms with Gasteiger partial charge in [-0.05, 0) is 38.0 Å². The number of aryl methyl sites for hydroxylation is 1. The molecule has 2 aliphatic rings. The van der Waals surface area contributed by atoms with Crippen molar-refractivity contribution in [1.29, 1.82) is 5.41 Å². The van der Waals surface area contributed by atoms with Gasteiger partial charge in [0.1, 0.15) is 17.4 Å². The Morgan fingerprint density at radius 2 is 1.85 bits per heavy atom. The van der Waals surface area contributed by atoms with Crippen LogP contribution in [0.4, 0.5) is 10.1 Å². The minimum atomic E-state index is -0.884. The molecular weight excluding hydrogens is 429 g/mol. The molecule has 0 bridgehead atoms. The lowest BCUT2D eigenvalue weighted by molar-refractivity contribution is -0.116. The van der Waals surface area contributed by atoms with E-state index in [9.17, 15) is 15.3 Å². The van der Waals surface area contributed by atoms with Crippen molar-refractivity contribution >= 4 is 23.1 Å². The highest BCUT2D eigenvalue weighted by atomic mass is 19.1. The number of hydrogen-bond donors (Lipinski definition) is 2. The van der Waals surface area contributed by atoms with E-state index in [-0.39, 0.29) is 28.5 Å². The predicted molar refractivity (Wildman–Crippen MR) is 130 cm³/mol. The van der Waals surface area contributed by atoms with Gasteiger partial charge in [0.2, 0.25) is 0 Å². The zero-order valence-electron chi connectivity index (χ0n) is 18.8. The highest BCUT2D eigenvalue weighted by Gasteiger charge is 2.44. The fourth-order valence-corrected chi connectivity index (χ4v) is 4.85. The topological polar surface area (TPSA) is 77.3 Å². The number of aliphatic hydroxyl groups is 1. The van der Waals surface area contributed by atoms with Crippen molar-refractivity contribution in [2.45, 2.75) is 32.1 Å². The molecule has 2 aromatic carbocycles. The molecule has 0 unspecified atom stereocenters. The van der Waals surface area contributed by atoms with Crippen molar-refractivity contribution in [3.05, 3.63) is 112 Å². The molecule has 0 spiro atoms. The molecule has 6 heteroatoms. The van der Waals surface area contributed by atoms with E-state index in [0.717, 1.165) is 5.56 Å². The van der Waals surface area contributed by atoms with E-state index in [1.165, 1.54) is 6.07 Å². The number of rotatable bonds is 3. The van der Waals surface area contributed by atoms with Crippen LogP contribution in [0, 0.1) is 18.2 Å². The van der Waals surface area contributed by atoms with Crippen molar-refractivity contribution < 1.29 is 14.3 Å². The summed E-state index contributed by atoms with van der Waals surface area (Å²) in [5.41, 5.74) is 3.73. The summed E-state index contributed by atoms with van der Waals surface area (Å²) in [4.78, 5) is 19.2. The van der Waals surface area contributed by atoms with E-state index in [2.05, 4.69) is 4.98 Å².